The van der Waals surface area contributed by atoms with Crippen molar-refractivity contribution in [3.05, 3.63) is 41.6 Å². The molecule has 3 amide bonds. The van der Waals surface area contributed by atoms with Gasteiger partial charge in [0.1, 0.15) is 28.6 Å². The number of benzene rings is 1. The van der Waals surface area contributed by atoms with Crippen LogP contribution in [-0.4, -0.2) is 79.4 Å². The van der Waals surface area contributed by atoms with Gasteiger partial charge in [-0.25, -0.2) is 18.2 Å². The second kappa shape index (κ2) is 11.5. The second-order valence-electron chi connectivity index (χ2n) is 11.5. The number of halogens is 1. The number of allylic oxidation sites excluding steroid dienone is 1. The molecule has 0 bridgehead atoms. The zero-order valence-corrected chi connectivity index (χ0v) is 25.2. The molecule has 6 rings (SSSR count). The molecule has 230 valence electrons. The average molecular weight is 633 g/mol. The first-order valence-electron chi connectivity index (χ1n) is 14.4. The van der Waals surface area contributed by atoms with Gasteiger partial charge in [-0.15, -0.1) is 0 Å². The number of nitrogens with one attached hydrogen (secondary N) is 2. The van der Waals surface area contributed by atoms with E-state index in [4.69, 9.17) is 25.8 Å². The normalized spacial score (nSPS) is 28.5. The standard InChI is InChI=1S/C29H33ClN4O8S/c1-40-19-7-10-22-17(12-19)13-24(30)31-26(22)42-20-14-23-25(35)32-29(27(36)33-43(38,39)21-8-9-21)15-18(29)6-4-2-3-5-11-41-28(37)34(23)16-20/h4,6-7,10,12-13,18,20-21,23H,2-3,5,8-9,11,14-16H2,1H3,(H,32,35)(H,33,36)/b6-4+. The molecule has 2 saturated carbocycles. The number of hydrogen-bond acceptors (Lipinski definition) is 9. The maximum Gasteiger partial charge on any atom is 0.410 e. The number of aromatic nitrogens is 1. The summed E-state index contributed by atoms with van der Waals surface area (Å²) in [5, 5.41) is 3.83. The van der Waals surface area contributed by atoms with Crippen LogP contribution in [0.3, 0.4) is 0 Å². The molecule has 1 aromatic carbocycles. The molecular weight excluding hydrogens is 600 g/mol. The van der Waals surface area contributed by atoms with Crippen LogP contribution in [0.25, 0.3) is 10.8 Å². The van der Waals surface area contributed by atoms with Gasteiger partial charge < -0.3 is 19.5 Å². The second-order valence-corrected chi connectivity index (χ2v) is 13.8. The molecule has 4 unspecified atom stereocenters. The van der Waals surface area contributed by atoms with Crippen LogP contribution < -0.4 is 19.5 Å². The first-order chi connectivity index (χ1) is 20.6. The third-order valence-corrected chi connectivity index (χ3v) is 10.4. The minimum atomic E-state index is -3.83. The Bertz CT molecular complexity index is 1600. The summed E-state index contributed by atoms with van der Waals surface area (Å²) < 4.78 is 44.4. The smallest absolute Gasteiger partial charge is 0.410 e. The molecule has 0 radical (unpaired) electrons. The summed E-state index contributed by atoms with van der Waals surface area (Å²) in [6.07, 6.45) is 5.85. The van der Waals surface area contributed by atoms with Crippen molar-refractivity contribution < 1.29 is 37.0 Å². The van der Waals surface area contributed by atoms with Crippen LogP contribution in [0.1, 0.15) is 44.9 Å². The number of cyclic esters (lactones) is 1. The monoisotopic (exact) mass is 632 g/mol. The predicted octanol–water partition coefficient (Wildman–Crippen LogP) is 3.08. The number of carbonyl (C=O) groups excluding carboxylic acids is 3. The largest absolute Gasteiger partial charge is 0.497 e. The summed E-state index contributed by atoms with van der Waals surface area (Å²) in [6, 6.07) is 6.01. The molecule has 3 fully saturated rings. The first-order valence-corrected chi connectivity index (χ1v) is 16.3. The quantitative estimate of drug-likeness (QED) is 0.361. The lowest BCUT2D eigenvalue weighted by Crippen LogP contribution is -2.56. The van der Waals surface area contributed by atoms with Gasteiger partial charge >= 0.3 is 6.09 Å². The Morgan fingerprint density at radius 3 is 2.81 bits per heavy atom. The number of sulfonamides is 1. The van der Waals surface area contributed by atoms with Gasteiger partial charge in [-0.2, -0.15) is 0 Å². The fourth-order valence-corrected chi connectivity index (χ4v) is 7.27. The van der Waals surface area contributed by atoms with E-state index in [1.165, 1.54) is 4.90 Å². The molecule has 2 aromatic rings. The van der Waals surface area contributed by atoms with E-state index in [2.05, 4.69) is 15.0 Å². The Balaban J connectivity index is 1.26. The van der Waals surface area contributed by atoms with Crippen LogP contribution in [-0.2, 0) is 24.3 Å². The van der Waals surface area contributed by atoms with Gasteiger partial charge in [-0.1, -0.05) is 23.8 Å². The Morgan fingerprint density at radius 2 is 2.05 bits per heavy atom. The number of pyridine rings is 1. The summed E-state index contributed by atoms with van der Waals surface area (Å²) in [5.41, 5.74) is -1.43. The lowest BCUT2D eigenvalue weighted by atomic mass is 10.1. The van der Waals surface area contributed by atoms with Crippen molar-refractivity contribution in [3.8, 4) is 11.6 Å². The highest BCUT2D eigenvalue weighted by molar-refractivity contribution is 7.91. The molecular formula is C29H33ClN4O8S. The van der Waals surface area contributed by atoms with Gasteiger partial charge in [-0.05, 0) is 68.2 Å². The van der Waals surface area contributed by atoms with Crippen LogP contribution in [0.5, 0.6) is 11.6 Å². The zero-order chi connectivity index (χ0) is 30.4. The van der Waals surface area contributed by atoms with E-state index in [1.54, 1.807) is 31.4 Å². The highest BCUT2D eigenvalue weighted by atomic mass is 35.5. The van der Waals surface area contributed by atoms with Gasteiger partial charge in [0.2, 0.25) is 21.8 Å². The van der Waals surface area contributed by atoms with E-state index in [0.717, 1.165) is 11.8 Å². The number of carbonyl (C=O) groups is 3. The zero-order valence-electron chi connectivity index (χ0n) is 23.6. The van der Waals surface area contributed by atoms with E-state index in [9.17, 15) is 22.8 Å². The number of methoxy groups -OCH3 is 1. The lowest BCUT2D eigenvalue weighted by molar-refractivity contribution is -0.131. The topological polar surface area (TPSA) is 153 Å². The molecule has 1 aromatic heterocycles. The fraction of sp³-hybridized carbons (Fsp3) is 0.517. The number of hydrogen-bond donors (Lipinski definition) is 2. The minimum Gasteiger partial charge on any atom is -0.497 e. The number of fused-ring (bicyclic) bond motifs is 3. The molecule has 3 heterocycles. The Hall–Kier alpha value is -3.58. The van der Waals surface area contributed by atoms with E-state index in [0.29, 0.717) is 36.8 Å². The summed E-state index contributed by atoms with van der Waals surface area (Å²) in [7, 11) is -2.27. The molecule has 1 saturated heterocycles. The molecule has 2 N–H and O–H groups in total. The van der Waals surface area contributed by atoms with Crippen LogP contribution >= 0.6 is 11.6 Å². The minimum absolute atomic E-state index is 0.0291. The summed E-state index contributed by atoms with van der Waals surface area (Å²) in [4.78, 5) is 45.9. The van der Waals surface area contributed by atoms with Crippen LogP contribution in [0.4, 0.5) is 4.79 Å². The van der Waals surface area contributed by atoms with Crippen LogP contribution in [0, 0.1) is 5.92 Å². The fourth-order valence-electron chi connectivity index (χ4n) is 5.71. The third-order valence-electron chi connectivity index (χ3n) is 8.37. The molecule has 4 aliphatic rings. The van der Waals surface area contributed by atoms with Gasteiger partial charge in [-0.3, -0.25) is 19.2 Å². The first kappa shape index (κ1) is 29.5. The van der Waals surface area contributed by atoms with E-state index >= 15 is 0 Å². The molecule has 2 aliphatic heterocycles. The molecule has 12 nitrogen and oxygen atoms in total. The summed E-state index contributed by atoms with van der Waals surface area (Å²) in [5.74, 6) is -0.860. The highest BCUT2D eigenvalue weighted by Gasteiger charge is 2.62. The Kier molecular flexibility index (Phi) is 7.88. The van der Waals surface area contributed by atoms with Crippen LogP contribution in [0.15, 0.2) is 36.4 Å². The lowest BCUT2D eigenvalue weighted by Gasteiger charge is -2.26. The summed E-state index contributed by atoms with van der Waals surface area (Å²) >= 11 is 6.28. The molecule has 0 spiro atoms. The number of nitrogens with zero attached hydrogens (tertiary/aromatic N) is 2. The predicted molar refractivity (Wildman–Crippen MR) is 156 cm³/mol. The number of ether oxygens (including phenoxy) is 3. The number of amides is 3. The van der Waals surface area contributed by atoms with Crippen molar-refractivity contribution in [3.63, 3.8) is 0 Å². The van der Waals surface area contributed by atoms with Gasteiger partial charge in [0.05, 0.1) is 25.5 Å². The van der Waals surface area contributed by atoms with E-state index in [-0.39, 0.29) is 42.9 Å². The van der Waals surface area contributed by atoms with Crippen molar-refractivity contribution in [2.75, 3.05) is 20.3 Å². The third kappa shape index (κ3) is 6.10. The van der Waals surface area contributed by atoms with Crippen molar-refractivity contribution in [1.29, 1.82) is 0 Å². The summed E-state index contributed by atoms with van der Waals surface area (Å²) in [6.45, 7) is 0.224. The average Bonchev–Trinajstić information content (AvgIpc) is 3.89. The maximum absolute atomic E-state index is 13.8. The van der Waals surface area contributed by atoms with Gasteiger partial charge in [0.15, 0.2) is 0 Å². The van der Waals surface area contributed by atoms with Crippen LogP contribution in [0.2, 0.25) is 5.15 Å². The molecule has 14 heteroatoms. The van der Waals surface area contributed by atoms with E-state index in [1.807, 2.05) is 12.2 Å². The van der Waals surface area contributed by atoms with Crippen molar-refractivity contribution in [2.45, 2.75) is 67.9 Å². The maximum atomic E-state index is 13.8. The molecule has 2 aliphatic carbocycles. The van der Waals surface area contributed by atoms with Crippen molar-refractivity contribution >= 4 is 50.3 Å². The van der Waals surface area contributed by atoms with Gasteiger partial charge in [0.25, 0.3) is 5.91 Å². The SMILES string of the molecule is COc1ccc2c(OC3CC4C(=O)NC5(C(=O)NS(=O)(=O)C6CC6)CC5/C=C/CCCCOC(=O)N4C3)nc(Cl)cc2c1. The van der Waals surface area contributed by atoms with Gasteiger partial charge in [0, 0.05) is 17.7 Å². The molecule has 43 heavy (non-hydrogen) atoms. The Labute approximate surface area is 254 Å². The number of rotatable bonds is 6. The Morgan fingerprint density at radius 1 is 1.23 bits per heavy atom. The van der Waals surface area contributed by atoms with E-state index < -0.39 is 50.9 Å². The molecule has 4 atom stereocenters. The van der Waals surface area contributed by atoms with Crippen molar-refractivity contribution in [1.82, 2.24) is 19.9 Å². The van der Waals surface area contributed by atoms with Crippen molar-refractivity contribution in [2.24, 2.45) is 5.92 Å². The highest BCUT2D eigenvalue weighted by Crippen LogP contribution is 2.46.